The fraction of sp³-hybridized carbons (Fsp3) is 0.357. The van der Waals surface area contributed by atoms with Gasteiger partial charge in [-0.25, -0.2) is 0 Å². The topological polar surface area (TPSA) is 44.5 Å². The number of anilines is 3. The van der Waals surface area contributed by atoms with Gasteiger partial charge in [0.1, 0.15) is 6.26 Å². The van der Waals surface area contributed by atoms with Crippen LogP contribution in [0.5, 0.6) is 0 Å². The Labute approximate surface area is 112 Å². The van der Waals surface area contributed by atoms with E-state index in [9.17, 15) is 0 Å². The van der Waals surface area contributed by atoms with Crippen molar-refractivity contribution in [2.75, 3.05) is 43.4 Å². The highest BCUT2D eigenvalue weighted by molar-refractivity contribution is 5.53. The lowest BCUT2D eigenvalue weighted by Gasteiger charge is -2.31. The molecule has 0 unspecified atom stereocenters. The zero-order valence-electron chi connectivity index (χ0n) is 11.0. The summed E-state index contributed by atoms with van der Waals surface area (Å²) in [5, 5.41) is 3.16. The zero-order chi connectivity index (χ0) is 13.1. The summed E-state index contributed by atoms with van der Waals surface area (Å²) in [6.07, 6.45) is 1.72. The Kier molecular flexibility index (Phi) is 3.37. The van der Waals surface area contributed by atoms with Gasteiger partial charge in [0.25, 0.3) is 0 Å². The molecule has 5 heteroatoms. The number of hydrogen-bond donors (Lipinski definition) is 1. The van der Waals surface area contributed by atoms with E-state index in [1.54, 1.807) is 6.26 Å². The van der Waals surface area contributed by atoms with E-state index in [1.807, 2.05) is 30.3 Å². The molecule has 2 aromatic rings. The molecule has 5 nitrogen and oxygen atoms in total. The Hall–Kier alpha value is -2.01. The Balaban J connectivity index is 1.66. The Bertz CT molecular complexity index is 517. The number of nitrogens with zero attached hydrogens (tertiary/aromatic N) is 3. The summed E-state index contributed by atoms with van der Waals surface area (Å²) in [5.41, 5.74) is 0.981. The van der Waals surface area contributed by atoms with Crippen LogP contribution in [0.25, 0.3) is 0 Å². The van der Waals surface area contributed by atoms with Crippen LogP contribution in [0, 0.1) is 0 Å². The molecule has 3 rings (SSSR count). The van der Waals surface area contributed by atoms with Crippen LogP contribution in [-0.2, 0) is 0 Å². The Morgan fingerprint density at radius 3 is 2.58 bits per heavy atom. The van der Waals surface area contributed by atoms with Gasteiger partial charge in [-0.2, -0.15) is 4.98 Å². The van der Waals surface area contributed by atoms with Crippen molar-refractivity contribution in [2.24, 2.45) is 0 Å². The van der Waals surface area contributed by atoms with Crippen LogP contribution in [0.2, 0.25) is 0 Å². The van der Waals surface area contributed by atoms with Crippen LogP contribution in [0.3, 0.4) is 0 Å². The predicted octanol–water partition coefficient (Wildman–Crippen LogP) is 2.17. The molecule has 1 aromatic heterocycles. The van der Waals surface area contributed by atoms with E-state index in [4.69, 9.17) is 4.42 Å². The summed E-state index contributed by atoms with van der Waals surface area (Å²) in [6, 6.07) is 10.5. The molecular weight excluding hydrogens is 240 g/mol. The highest BCUT2D eigenvalue weighted by Crippen LogP contribution is 2.21. The third-order valence-electron chi connectivity index (χ3n) is 3.34. The molecule has 0 bridgehead atoms. The van der Waals surface area contributed by atoms with E-state index >= 15 is 0 Å². The van der Waals surface area contributed by atoms with Crippen LogP contribution < -0.4 is 10.2 Å². The maximum atomic E-state index is 5.47. The minimum atomic E-state index is 0.542. The molecule has 1 aliphatic rings. The second-order valence-corrected chi connectivity index (χ2v) is 4.79. The average Bonchev–Trinajstić information content (AvgIpc) is 2.89. The molecule has 0 spiro atoms. The van der Waals surface area contributed by atoms with Crippen molar-refractivity contribution in [1.29, 1.82) is 0 Å². The van der Waals surface area contributed by atoms with Gasteiger partial charge < -0.3 is 19.5 Å². The zero-order valence-corrected chi connectivity index (χ0v) is 11.0. The van der Waals surface area contributed by atoms with E-state index in [2.05, 4.69) is 27.1 Å². The normalized spacial score (nSPS) is 16.6. The molecule has 2 heterocycles. The third-order valence-corrected chi connectivity index (χ3v) is 3.34. The van der Waals surface area contributed by atoms with Gasteiger partial charge in [0.15, 0.2) is 5.82 Å². The molecule has 0 radical (unpaired) electrons. The van der Waals surface area contributed by atoms with Crippen molar-refractivity contribution in [3.8, 4) is 0 Å². The van der Waals surface area contributed by atoms with Gasteiger partial charge in [-0.05, 0) is 19.2 Å². The fourth-order valence-corrected chi connectivity index (χ4v) is 2.15. The molecule has 0 amide bonds. The first-order chi connectivity index (χ1) is 9.31. The number of rotatable bonds is 3. The standard InChI is InChI=1S/C14H18N4O/c1-17-7-9-18(10-8-17)13-11-19-14(16-13)15-12-5-3-2-4-6-12/h2-6,11H,7-10H2,1H3,(H,15,16). The molecular formula is C14H18N4O. The quantitative estimate of drug-likeness (QED) is 0.914. The predicted molar refractivity (Wildman–Crippen MR) is 75.9 cm³/mol. The van der Waals surface area contributed by atoms with Gasteiger partial charge in [0.2, 0.25) is 0 Å². The number of likely N-dealkylation sites (N-methyl/N-ethyl adjacent to an activating group) is 1. The first-order valence-electron chi connectivity index (χ1n) is 6.52. The minimum Gasteiger partial charge on any atom is -0.430 e. The van der Waals surface area contributed by atoms with E-state index in [-0.39, 0.29) is 0 Å². The lowest BCUT2D eigenvalue weighted by atomic mass is 10.3. The maximum absolute atomic E-state index is 5.47. The average molecular weight is 258 g/mol. The molecule has 0 atom stereocenters. The van der Waals surface area contributed by atoms with Gasteiger partial charge >= 0.3 is 6.01 Å². The summed E-state index contributed by atoms with van der Waals surface area (Å²) in [4.78, 5) is 9.05. The van der Waals surface area contributed by atoms with Crippen LogP contribution in [-0.4, -0.2) is 43.1 Å². The molecule has 1 N–H and O–H groups in total. The largest absolute Gasteiger partial charge is 0.430 e. The van der Waals surface area contributed by atoms with Crippen LogP contribution in [0.4, 0.5) is 17.5 Å². The molecule has 1 saturated heterocycles. The number of para-hydroxylation sites is 1. The second kappa shape index (κ2) is 5.32. The number of aromatic nitrogens is 1. The minimum absolute atomic E-state index is 0.542. The first-order valence-corrected chi connectivity index (χ1v) is 6.52. The van der Waals surface area contributed by atoms with Gasteiger partial charge in [-0.1, -0.05) is 18.2 Å². The van der Waals surface area contributed by atoms with E-state index in [1.165, 1.54) is 0 Å². The summed E-state index contributed by atoms with van der Waals surface area (Å²) in [6.45, 7) is 4.12. The van der Waals surface area contributed by atoms with Crippen LogP contribution >= 0.6 is 0 Å². The smallest absolute Gasteiger partial charge is 0.301 e. The van der Waals surface area contributed by atoms with Crippen molar-refractivity contribution < 1.29 is 4.42 Å². The summed E-state index contributed by atoms with van der Waals surface area (Å²) >= 11 is 0. The van der Waals surface area contributed by atoms with Gasteiger partial charge in [0.05, 0.1) is 0 Å². The van der Waals surface area contributed by atoms with Gasteiger partial charge in [-0.3, -0.25) is 0 Å². The van der Waals surface area contributed by atoms with Gasteiger partial charge in [-0.15, -0.1) is 0 Å². The summed E-state index contributed by atoms with van der Waals surface area (Å²) in [5.74, 6) is 0.909. The number of piperazine rings is 1. The van der Waals surface area contributed by atoms with Crippen LogP contribution in [0.1, 0.15) is 0 Å². The molecule has 100 valence electrons. The molecule has 1 aliphatic heterocycles. The summed E-state index contributed by atoms with van der Waals surface area (Å²) in [7, 11) is 2.14. The number of nitrogens with one attached hydrogen (secondary N) is 1. The Morgan fingerprint density at radius 2 is 1.84 bits per heavy atom. The monoisotopic (exact) mass is 258 g/mol. The third kappa shape index (κ3) is 2.88. The highest BCUT2D eigenvalue weighted by atomic mass is 16.4. The van der Waals surface area contributed by atoms with Crippen molar-refractivity contribution in [3.05, 3.63) is 36.6 Å². The lowest BCUT2D eigenvalue weighted by Crippen LogP contribution is -2.44. The second-order valence-electron chi connectivity index (χ2n) is 4.79. The molecule has 0 aliphatic carbocycles. The molecule has 1 fully saturated rings. The van der Waals surface area contributed by atoms with Crippen molar-refractivity contribution in [2.45, 2.75) is 0 Å². The molecule has 1 aromatic carbocycles. The van der Waals surface area contributed by atoms with E-state index in [0.717, 1.165) is 37.7 Å². The van der Waals surface area contributed by atoms with Crippen LogP contribution in [0.15, 0.2) is 41.0 Å². The van der Waals surface area contributed by atoms with Crippen molar-refractivity contribution in [1.82, 2.24) is 9.88 Å². The lowest BCUT2D eigenvalue weighted by molar-refractivity contribution is 0.312. The SMILES string of the molecule is CN1CCN(c2coc(Nc3ccccc3)n2)CC1. The van der Waals surface area contributed by atoms with Crippen molar-refractivity contribution in [3.63, 3.8) is 0 Å². The Morgan fingerprint density at radius 1 is 1.11 bits per heavy atom. The molecule has 19 heavy (non-hydrogen) atoms. The summed E-state index contributed by atoms with van der Waals surface area (Å²) < 4.78 is 5.47. The number of oxazole rings is 1. The highest BCUT2D eigenvalue weighted by Gasteiger charge is 2.17. The first kappa shape index (κ1) is 12.0. The van der Waals surface area contributed by atoms with Crippen molar-refractivity contribution >= 4 is 17.5 Å². The maximum Gasteiger partial charge on any atom is 0.301 e. The van der Waals surface area contributed by atoms with E-state index < -0.39 is 0 Å². The number of benzene rings is 1. The molecule has 0 saturated carbocycles. The number of hydrogen-bond acceptors (Lipinski definition) is 5. The van der Waals surface area contributed by atoms with E-state index in [0.29, 0.717) is 6.01 Å². The fourth-order valence-electron chi connectivity index (χ4n) is 2.15. The van der Waals surface area contributed by atoms with Gasteiger partial charge in [0, 0.05) is 31.9 Å².